The molecule has 1 N–H and O–H groups in total. The Morgan fingerprint density at radius 3 is 2.53 bits per heavy atom. The molecule has 0 fully saturated rings. The molecule has 0 amide bonds. The Kier molecular flexibility index (Phi) is 3.79. The fourth-order valence-electron chi connectivity index (χ4n) is 1.39. The molecule has 1 aromatic heterocycles. The smallest absolute Gasteiger partial charge is 0.0815 e. The molecule has 86 valence electrons. The highest BCUT2D eigenvalue weighted by molar-refractivity contribution is 6.31. The molecule has 4 heteroatoms. The Morgan fingerprint density at radius 1 is 1.53 bits per heavy atom. The number of nitrogens with zero attached hydrogens (tertiary/aromatic N) is 2. The minimum absolute atomic E-state index is 0.138. The predicted molar refractivity (Wildman–Crippen MR) is 64.4 cm³/mol. The van der Waals surface area contributed by atoms with Crippen molar-refractivity contribution in [3.05, 3.63) is 16.9 Å². The summed E-state index contributed by atoms with van der Waals surface area (Å²) in [5, 5.41) is 8.45. The third-order valence-corrected chi connectivity index (χ3v) is 2.70. The van der Waals surface area contributed by atoms with Gasteiger partial charge in [0.2, 0.25) is 0 Å². The second-order valence-corrected chi connectivity index (χ2v) is 5.41. The SMILES string of the molecule is Cc1c(Cl)cnn1C(C)CNC(C)(C)C. The number of aromatic nitrogens is 2. The van der Waals surface area contributed by atoms with E-state index < -0.39 is 0 Å². The molecule has 0 aliphatic heterocycles. The molecule has 0 radical (unpaired) electrons. The topological polar surface area (TPSA) is 29.9 Å². The summed E-state index contributed by atoms with van der Waals surface area (Å²) in [6.07, 6.45) is 1.70. The maximum Gasteiger partial charge on any atom is 0.0815 e. The van der Waals surface area contributed by atoms with Gasteiger partial charge in [-0.25, -0.2) is 0 Å². The number of halogens is 1. The summed E-state index contributed by atoms with van der Waals surface area (Å²) in [6, 6.07) is 0.316. The average molecular weight is 230 g/mol. The summed E-state index contributed by atoms with van der Waals surface area (Å²) in [7, 11) is 0. The van der Waals surface area contributed by atoms with E-state index in [-0.39, 0.29) is 5.54 Å². The molecule has 0 aliphatic carbocycles. The second kappa shape index (κ2) is 4.54. The first-order valence-electron chi connectivity index (χ1n) is 5.26. The van der Waals surface area contributed by atoms with Gasteiger partial charge in [-0.1, -0.05) is 11.6 Å². The summed E-state index contributed by atoms with van der Waals surface area (Å²) in [4.78, 5) is 0. The Hall–Kier alpha value is -0.540. The Balaban J connectivity index is 2.62. The predicted octanol–water partition coefficient (Wildman–Crippen LogP) is 2.79. The molecule has 0 spiro atoms. The molecular weight excluding hydrogens is 210 g/mol. The monoisotopic (exact) mass is 229 g/mol. The molecule has 0 saturated heterocycles. The number of rotatable bonds is 3. The molecule has 0 saturated carbocycles. The van der Waals surface area contributed by atoms with Crippen LogP contribution in [0.25, 0.3) is 0 Å². The lowest BCUT2D eigenvalue weighted by atomic mass is 10.1. The van der Waals surface area contributed by atoms with Crippen molar-refractivity contribution in [2.75, 3.05) is 6.54 Å². The molecular formula is C11H20ClN3. The van der Waals surface area contributed by atoms with Crippen LogP contribution in [0.2, 0.25) is 5.02 Å². The van der Waals surface area contributed by atoms with E-state index in [4.69, 9.17) is 11.6 Å². The normalized spacial score (nSPS) is 14.3. The molecule has 3 nitrogen and oxygen atoms in total. The van der Waals surface area contributed by atoms with E-state index in [2.05, 4.69) is 38.1 Å². The molecule has 0 aromatic carbocycles. The maximum atomic E-state index is 5.96. The van der Waals surface area contributed by atoms with Gasteiger partial charge in [0.15, 0.2) is 0 Å². The van der Waals surface area contributed by atoms with Crippen molar-refractivity contribution in [1.82, 2.24) is 15.1 Å². The van der Waals surface area contributed by atoms with Crippen molar-refractivity contribution in [1.29, 1.82) is 0 Å². The van der Waals surface area contributed by atoms with Gasteiger partial charge in [-0.15, -0.1) is 0 Å². The lowest BCUT2D eigenvalue weighted by Crippen LogP contribution is -2.39. The minimum Gasteiger partial charge on any atom is -0.310 e. The van der Waals surface area contributed by atoms with Crippen LogP contribution in [-0.4, -0.2) is 21.9 Å². The van der Waals surface area contributed by atoms with Crippen molar-refractivity contribution in [3.8, 4) is 0 Å². The van der Waals surface area contributed by atoms with E-state index in [9.17, 15) is 0 Å². The molecule has 1 atom stereocenters. The second-order valence-electron chi connectivity index (χ2n) is 5.00. The zero-order valence-corrected chi connectivity index (χ0v) is 10.9. The van der Waals surface area contributed by atoms with Crippen molar-refractivity contribution in [2.45, 2.75) is 46.2 Å². The standard InChI is InChI=1S/C11H20ClN3/c1-8(6-13-11(3,4)5)15-9(2)10(12)7-14-15/h7-8,13H,6H2,1-5H3. The van der Waals surface area contributed by atoms with Gasteiger partial charge in [-0.3, -0.25) is 4.68 Å². The first-order valence-corrected chi connectivity index (χ1v) is 5.63. The van der Waals surface area contributed by atoms with Gasteiger partial charge in [0, 0.05) is 12.1 Å². The van der Waals surface area contributed by atoms with Crippen LogP contribution in [0.1, 0.15) is 39.4 Å². The Morgan fingerprint density at radius 2 is 2.13 bits per heavy atom. The summed E-state index contributed by atoms with van der Waals surface area (Å²) >= 11 is 5.96. The Bertz CT molecular complexity index is 325. The van der Waals surface area contributed by atoms with E-state index in [1.165, 1.54) is 0 Å². The zero-order chi connectivity index (χ0) is 11.6. The average Bonchev–Trinajstić information content (AvgIpc) is 2.43. The quantitative estimate of drug-likeness (QED) is 0.864. The molecule has 1 heterocycles. The Labute approximate surface area is 96.8 Å². The van der Waals surface area contributed by atoms with Crippen LogP contribution < -0.4 is 5.32 Å². The lowest BCUT2D eigenvalue weighted by molar-refractivity contribution is 0.362. The third kappa shape index (κ3) is 3.50. The summed E-state index contributed by atoms with van der Waals surface area (Å²) in [5.74, 6) is 0. The van der Waals surface area contributed by atoms with Gasteiger partial charge < -0.3 is 5.32 Å². The summed E-state index contributed by atoms with van der Waals surface area (Å²) in [6.45, 7) is 11.5. The van der Waals surface area contributed by atoms with Gasteiger partial charge >= 0.3 is 0 Å². The molecule has 1 aromatic rings. The fourth-order valence-corrected chi connectivity index (χ4v) is 1.52. The zero-order valence-electron chi connectivity index (χ0n) is 10.1. The fraction of sp³-hybridized carbons (Fsp3) is 0.727. The van der Waals surface area contributed by atoms with Crippen LogP contribution in [0.4, 0.5) is 0 Å². The lowest BCUT2D eigenvalue weighted by Gasteiger charge is -2.24. The molecule has 1 unspecified atom stereocenters. The van der Waals surface area contributed by atoms with Gasteiger partial charge in [0.25, 0.3) is 0 Å². The van der Waals surface area contributed by atoms with E-state index in [1.807, 2.05) is 11.6 Å². The highest BCUT2D eigenvalue weighted by Crippen LogP contribution is 2.17. The number of hydrogen-bond donors (Lipinski definition) is 1. The summed E-state index contributed by atoms with van der Waals surface area (Å²) < 4.78 is 1.96. The van der Waals surface area contributed by atoms with Crippen LogP contribution in [-0.2, 0) is 0 Å². The van der Waals surface area contributed by atoms with E-state index in [0.717, 1.165) is 17.3 Å². The van der Waals surface area contributed by atoms with Crippen molar-refractivity contribution < 1.29 is 0 Å². The van der Waals surface area contributed by atoms with Crippen LogP contribution in [0.15, 0.2) is 6.20 Å². The van der Waals surface area contributed by atoms with Crippen LogP contribution in [0.3, 0.4) is 0 Å². The van der Waals surface area contributed by atoms with Crippen LogP contribution >= 0.6 is 11.6 Å². The minimum atomic E-state index is 0.138. The maximum absolute atomic E-state index is 5.96. The van der Waals surface area contributed by atoms with Crippen molar-refractivity contribution in [2.24, 2.45) is 0 Å². The molecule has 15 heavy (non-hydrogen) atoms. The first kappa shape index (κ1) is 12.5. The van der Waals surface area contributed by atoms with Crippen LogP contribution in [0, 0.1) is 6.92 Å². The highest BCUT2D eigenvalue weighted by atomic mass is 35.5. The number of hydrogen-bond acceptors (Lipinski definition) is 2. The first-order chi connectivity index (χ1) is 6.81. The van der Waals surface area contributed by atoms with Gasteiger partial charge in [0.05, 0.1) is 23.0 Å². The van der Waals surface area contributed by atoms with Gasteiger partial charge in [0.1, 0.15) is 0 Å². The third-order valence-electron chi connectivity index (χ3n) is 2.33. The van der Waals surface area contributed by atoms with Crippen molar-refractivity contribution >= 4 is 11.6 Å². The van der Waals surface area contributed by atoms with E-state index >= 15 is 0 Å². The highest BCUT2D eigenvalue weighted by Gasteiger charge is 2.14. The molecule has 0 bridgehead atoms. The number of nitrogens with one attached hydrogen (secondary N) is 1. The van der Waals surface area contributed by atoms with Crippen molar-refractivity contribution in [3.63, 3.8) is 0 Å². The summed E-state index contributed by atoms with van der Waals surface area (Å²) in [5.41, 5.74) is 1.17. The van der Waals surface area contributed by atoms with Gasteiger partial charge in [-0.05, 0) is 34.6 Å². The van der Waals surface area contributed by atoms with Gasteiger partial charge in [-0.2, -0.15) is 5.10 Å². The largest absolute Gasteiger partial charge is 0.310 e. The van der Waals surface area contributed by atoms with E-state index in [1.54, 1.807) is 6.20 Å². The molecule has 0 aliphatic rings. The van der Waals surface area contributed by atoms with E-state index in [0.29, 0.717) is 6.04 Å². The van der Waals surface area contributed by atoms with Crippen LogP contribution in [0.5, 0.6) is 0 Å². The molecule has 1 rings (SSSR count).